The molecule has 0 saturated heterocycles. The second-order valence-electron chi connectivity index (χ2n) is 8.70. The van der Waals surface area contributed by atoms with Crippen LogP contribution in [0.1, 0.15) is 69.0 Å². The largest absolute Gasteiger partial charge is 0.382 e. The zero-order valence-electron chi connectivity index (χ0n) is 19.6. The normalized spacial score (nSPS) is 14.5. The second kappa shape index (κ2) is 11.2. The van der Waals surface area contributed by atoms with Crippen LogP contribution in [0.5, 0.6) is 0 Å². The van der Waals surface area contributed by atoms with E-state index in [1.807, 2.05) is 20.8 Å². The van der Waals surface area contributed by atoms with Crippen LogP contribution in [0.2, 0.25) is 0 Å². The van der Waals surface area contributed by atoms with Crippen LogP contribution in [0, 0.1) is 13.8 Å². The number of carbonyl (C=O) groups is 1. The van der Waals surface area contributed by atoms with Gasteiger partial charge in [0.25, 0.3) is 0 Å². The van der Waals surface area contributed by atoms with Gasteiger partial charge in [-0.05, 0) is 52.0 Å². The fourth-order valence-electron chi connectivity index (χ4n) is 4.20. The Balaban J connectivity index is 1.59. The van der Waals surface area contributed by atoms with E-state index in [0.29, 0.717) is 23.9 Å². The van der Waals surface area contributed by atoms with Crippen molar-refractivity contribution >= 4 is 22.9 Å². The quantitative estimate of drug-likeness (QED) is 0.329. The number of carbonyl (C=O) groups excluding carboxylic acids is 1. The highest BCUT2D eigenvalue weighted by Gasteiger charge is 2.18. The Morgan fingerprint density at radius 1 is 1.22 bits per heavy atom. The third kappa shape index (κ3) is 6.12. The van der Waals surface area contributed by atoms with Gasteiger partial charge in [0.15, 0.2) is 5.82 Å². The first kappa shape index (κ1) is 23.8. The molecule has 0 bridgehead atoms. The summed E-state index contributed by atoms with van der Waals surface area (Å²) in [6.07, 6.45) is 7.61. The van der Waals surface area contributed by atoms with Crippen LogP contribution in [0.25, 0.3) is 11.0 Å². The molecule has 2 heterocycles. The average Bonchev–Trinajstić information content (AvgIpc) is 3.11. The zero-order chi connectivity index (χ0) is 23.1. The van der Waals surface area contributed by atoms with E-state index in [1.165, 1.54) is 19.3 Å². The number of urea groups is 1. The van der Waals surface area contributed by atoms with Crippen LogP contribution in [-0.4, -0.2) is 33.2 Å². The molecular weight excluding hydrogens is 406 g/mol. The summed E-state index contributed by atoms with van der Waals surface area (Å²) < 4.78 is 2.15. The molecule has 0 radical (unpaired) electrons. The number of aryl methyl sites for hydroxylation is 3. The van der Waals surface area contributed by atoms with Crippen LogP contribution in [0.4, 0.5) is 10.6 Å². The maximum absolute atomic E-state index is 12.1. The van der Waals surface area contributed by atoms with Crippen LogP contribution >= 0.6 is 0 Å². The molecule has 0 spiro atoms. The fourth-order valence-corrected chi connectivity index (χ4v) is 4.20. The Kier molecular flexibility index (Phi) is 8.33. The summed E-state index contributed by atoms with van der Waals surface area (Å²) in [6.45, 7) is 11.3. The minimum absolute atomic E-state index is 0.0599. The van der Waals surface area contributed by atoms with E-state index >= 15 is 0 Å². The Hall–Kier alpha value is -2.81. The highest BCUT2D eigenvalue weighted by atomic mass is 16.6. The molecule has 176 valence electrons. The Bertz CT molecular complexity index is 948. The van der Waals surface area contributed by atoms with Crippen molar-refractivity contribution in [3.63, 3.8) is 0 Å². The predicted molar refractivity (Wildman–Crippen MR) is 127 cm³/mol. The van der Waals surface area contributed by atoms with Gasteiger partial charge < -0.3 is 20.9 Å². The van der Waals surface area contributed by atoms with Gasteiger partial charge in [0.2, 0.25) is 0 Å². The number of nitrogens with zero attached hydrogens (tertiary/aromatic N) is 3. The van der Waals surface area contributed by atoms with E-state index in [-0.39, 0.29) is 12.6 Å². The van der Waals surface area contributed by atoms with E-state index in [2.05, 4.69) is 32.2 Å². The molecule has 1 saturated carbocycles. The number of unbranched alkanes of at least 4 members (excludes halogenated alkanes) is 1. The molecule has 1 aliphatic carbocycles. The number of hydrogen-bond acceptors (Lipinski definition) is 6. The number of hydroxylamine groups is 1. The average molecular weight is 444 g/mol. The topological polar surface area (TPSA) is 119 Å². The lowest BCUT2D eigenvalue weighted by Gasteiger charge is -2.22. The first-order valence-corrected chi connectivity index (χ1v) is 11.6. The number of nitrogen functional groups attached to an aromatic ring is 1. The van der Waals surface area contributed by atoms with Gasteiger partial charge in [-0.25, -0.2) is 14.8 Å². The van der Waals surface area contributed by atoms with Crippen LogP contribution in [0.3, 0.4) is 0 Å². The van der Waals surface area contributed by atoms with Gasteiger partial charge in [0.05, 0.1) is 5.52 Å². The SMILES string of the molecule is C=C(C)NOCc1nc2c(N)nc(C)c(C)c2n1CCCCNC(=O)NC1CCCCC1. The maximum Gasteiger partial charge on any atom is 0.315 e. The Labute approximate surface area is 190 Å². The van der Waals surface area contributed by atoms with Crippen LogP contribution in [-0.2, 0) is 18.0 Å². The van der Waals surface area contributed by atoms with E-state index in [9.17, 15) is 4.79 Å². The van der Waals surface area contributed by atoms with Crippen molar-refractivity contribution in [2.45, 2.75) is 84.9 Å². The van der Waals surface area contributed by atoms with Crippen molar-refractivity contribution in [1.29, 1.82) is 0 Å². The summed E-state index contributed by atoms with van der Waals surface area (Å²) in [5.74, 6) is 1.20. The van der Waals surface area contributed by atoms with Gasteiger partial charge in [-0.1, -0.05) is 25.8 Å². The number of fused-ring (bicyclic) bond motifs is 1. The lowest BCUT2D eigenvalue weighted by molar-refractivity contribution is 0.0438. The molecule has 2 amide bonds. The Morgan fingerprint density at radius 2 is 1.97 bits per heavy atom. The van der Waals surface area contributed by atoms with E-state index in [4.69, 9.17) is 15.6 Å². The first-order chi connectivity index (χ1) is 15.4. The van der Waals surface area contributed by atoms with E-state index < -0.39 is 0 Å². The van der Waals surface area contributed by atoms with E-state index in [1.54, 1.807) is 0 Å². The standard InChI is InChI=1S/C23H37N7O2/c1-15(2)29-32-14-19-28-20-21(16(3)17(4)26-22(20)24)30(19)13-9-8-12-25-23(31)27-18-10-6-5-7-11-18/h18,29H,1,5-14H2,2-4H3,(H2,24,26)(H2,25,27,31). The number of hydrogen-bond donors (Lipinski definition) is 4. The number of pyridine rings is 1. The molecule has 32 heavy (non-hydrogen) atoms. The summed E-state index contributed by atoms with van der Waals surface area (Å²) in [5.41, 5.74) is 13.3. The molecule has 9 heteroatoms. The lowest BCUT2D eigenvalue weighted by Crippen LogP contribution is -2.43. The number of rotatable bonds is 10. The minimum atomic E-state index is -0.0599. The lowest BCUT2D eigenvalue weighted by atomic mass is 9.96. The predicted octanol–water partition coefficient (Wildman–Crippen LogP) is 3.60. The molecule has 1 aliphatic rings. The molecule has 5 N–H and O–H groups in total. The molecule has 2 aromatic rings. The molecule has 1 fully saturated rings. The zero-order valence-corrected chi connectivity index (χ0v) is 19.6. The van der Waals surface area contributed by atoms with Crippen molar-refractivity contribution < 1.29 is 9.63 Å². The van der Waals surface area contributed by atoms with Gasteiger partial charge >= 0.3 is 6.03 Å². The highest BCUT2D eigenvalue weighted by molar-refractivity contribution is 5.88. The summed E-state index contributed by atoms with van der Waals surface area (Å²) in [7, 11) is 0. The molecule has 0 unspecified atom stereocenters. The minimum Gasteiger partial charge on any atom is -0.382 e. The second-order valence-corrected chi connectivity index (χ2v) is 8.70. The number of aromatic nitrogens is 3. The van der Waals surface area contributed by atoms with Crippen molar-refractivity contribution in [2.75, 3.05) is 12.3 Å². The molecule has 0 aromatic carbocycles. The summed E-state index contributed by atoms with van der Waals surface area (Å²) >= 11 is 0. The Morgan fingerprint density at radius 3 is 2.69 bits per heavy atom. The number of amides is 2. The molecule has 9 nitrogen and oxygen atoms in total. The van der Waals surface area contributed by atoms with Gasteiger partial charge in [0, 0.05) is 30.5 Å². The maximum atomic E-state index is 12.1. The van der Waals surface area contributed by atoms with E-state index in [0.717, 1.165) is 60.5 Å². The molecular formula is C23H37N7O2. The monoisotopic (exact) mass is 443 g/mol. The van der Waals surface area contributed by atoms with Crippen LogP contribution < -0.4 is 21.8 Å². The number of imidazole rings is 1. The smallest absolute Gasteiger partial charge is 0.315 e. The summed E-state index contributed by atoms with van der Waals surface area (Å²) in [6, 6.07) is 0.261. The number of nitrogens with two attached hydrogens (primary N) is 1. The van der Waals surface area contributed by atoms with Crippen molar-refractivity contribution in [3.8, 4) is 0 Å². The molecule has 0 atom stereocenters. The van der Waals surface area contributed by atoms with Crippen LogP contribution in [0.15, 0.2) is 12.3 Å². The van der Waals surface area contributed by atoms with Crippen molar-refractivity contribution in [3.05, 3.63) is 29.4 Å². The molecule has 2 aromatic heterocycles. The van der Waals surface area contributed by atoms with Gasteiger partial charge in [-0.3, -0.25) is 10.3 Å². The summed E-state index contributed by atoms with van der Waals surface area (Å²) in [5, 5.41) is 6.08. The summed E-state index contributed by atoms with van der Waals surface area (Å²) in [4.78, 5) is 26.8. The van der Waals surface area contributed by atoms with Gasteiger partial charge in [-0.15, -0.1) is 0 Å². The third-order valence-corrected chi connectivity index (χ3v) is 5.96. The van der Waals surface area contributed by atoms with Crippen molar-refractivity contribution in [2.24, 2.45) is 0 Å². The molecule has 0 aliphatic heterocycles. The highest BCUT2D eigenvalue weighted by Crippen LogP contribution is 2.26. The number of allylic oxidation sites excluding steroid dienone is 1. The fraction of sp³-hybridized carbons (Fsp3) is 0.609. The molecule has 3 rings (SSSR count). The van der Waals surface area contributed by atoms with Gasteiger partial charge in [-0.2, -0.15) is 0 Å². The number of nitrogens with one attached hydrogen (secondary N) is 3. The number of anilines is 1. The first-order valence-electron chi connectivity index (χ1n) is 11.6. The van der Waals surface area contributed by atoms with Crippen molar-refractivity contribution in [1.82, 2.24) is 30.6 Å². The van der Waals surface area contributed by atoms with Gasteiger partial charge in [0.1, 0.15) is 17.9 Å². The third-order valence-electron chi connectivity index (χ3n) is 5.96.